The molecule has 0 saturated heterocycles. The highest BCUT2D eigenvalue weighted by Gasteiger charge is 2.20. The molecule has 0 aliphatic carbocycles. The van der Waals surface area contributed by atoms with E-state index in [-0.39, 0.29) is 11.7 Å². The number of benzene rings is 1. The summed E-state index contributed by atoms with van der Waals surface area (Å²) in [5.74, 6) is -0.299. The van der Waals surface area contributed by atoms with Crippen LogP contribution in [0.15, 0.2) is 29.4 Å². The molecule has 3 N–H and O–H groups in total. The van der Waals surface area contributed by atoms with E-state index in [0.717, 1.165) is 11.8 Å². The van der Waals surface area contributed by atoms with Crippen molar-refractivity contribution in [2.24, 2.45) is 5.92 Å². The molecule has 7 nitrogen and oxygen atoms in total. The molecule has 0 saturated carbocycles. The Morgan fingerprint density at radius 1 is 1.28 bits per heavy atom. The van der Waals surface area contributed by atoms with Crippen LogP contribution in [0.3, 0.4) is 0 Å². The van der Waals surface area contributed by atoms with Gasteiger partial charge in [0.15, 0.2) is 5.82 Å². The van der Waals surface area contributed by atoms with Crippen molar-refractivity contribution in [3.05, 3.63) is 30.1 Å². The number of imide groups is 1. The number of thioether (sulfide) groups is 1. The van der Waals surface area contributed by atoms with Gasteiger partial charge in [0.05, 0.1) is 10.8 Å². The first-order chi connectivity index (χ1) is 11.9. The van der Waals surface area contributed by atoms with E-state index >= 15 is 0 Å². The van der Waals surface area contributed by atoms with E-state index in [9.17, 15) is 14.0 Å². The molecule has 9 heteroatoms. The zero-order valence-corrected chi connectivity index (χ0v) is 15.0. The summed E-state index contributed by atoms with van der Waals surface area (Å²) in [5.41, 5.74) is 0.298. The van der Waals surface area contributed by atoms with Gasteiger partial charge in [0, 0.05) is 6.54 Å². The normalized spacial score (nSPS) is 12.0. The third-order valence-corrected chi connectivity index (χ3v) is 4.11. The number of urea groups is 1. The van der Waals surface area contributed by atoms with Crippen molar-refractivity contribution in [2.75, 3.05) is 6.54 Å². The monoisotopic (exact) mass is 365 g/mol. The van der Waals surface area contributed by atoms with Crippen LogP contribution in [0, 0.1) is 11.7 Å². The highest BCUT2D eigenvalue weighted by atomic mass is 32.2. The first-order valence-electron chi connectivity index (χ1n) is 7.79. The Kier molecular flexibility index (Phi) is 6.51. The van der Waals surface area contributed by atoms with E-state index in [1.54, 1.807) is 25.1 Å². The summed E-state index contributed by atoms with van der Waals surface area (Å²) in [5, 5.41) is 11.2. The Morgan fingerprint density at radius 3 is 2.68 bits per heavy atom. The topological polar surface area (TPSA) is 99.8 Å². The number of hydrogen-bond acceptors (Lipinski definition) is 5. The molecule has 0 fully saturated rings. The van der Waals surface area contributed by atoms with Crippen LogP contribution in [0.5, 0.6) is 0 Å². The van der Waals surface area contributed by atoms with Crippen molar-refractivity contribution in [2.45, 2.75) is 31.2 Å². The smallest absolute Gasteiger partial charge is 0.321 e. The standard InChI is InChI=1S/C16H20FN5O2S/c1-9(2)8-18-15(24)20-14(23)10(3)25-16-19-13(21-22-16)11-6-4-5-7-12(11)17/h4-7,9-10H,8H2,1-3H3,(H,19,21,22)(H2,18,20,23,24)/t10-/m0/s1. The Labute approximate surface area is 149 Å². The highest BCUT2D eigenvalue weighted by molar-refractivity contribution is 8.00. The molecule has 25 heavy (non-hydrogen) atoms. The van der Waals surface area contributed by atoms with E-state index < -0.39 is 23.0 Å². The van der Waals surface area contributed by atoms with Gasteiger partial charge in [0.25, 0.3) is 0 Å². The summed E-state index contributed by atoms with van der Waals surface area (Å²) in [7, 11) is 0. The minimum Gasteiger partial charge on any atom is -0.338 e. The number of amides is 3. The molecule has 2 aromatic rings. The molecule has 3 amide bonds. The zero-order valence-electron chi connectivity index (χ0n) is 14.2. The molecule has 0 spiro atoms. The summed E-state index contributed by atoms with van der Waals surface area (Å²) < 4.78 is 13.7. The predicted octanol–water partition coefficient (Wildman–Crippen LogP) is 2.57. The summed E-state index contributed by atoms with van der Waals surface area (Å²) >= 11 is 1.07. The van der Waals surface area contributed by atoms with Gasteiger partial charge in [-0.25, -0.2) is 14.2 Å². The quantitative estimate of drug-likeness (QED) is 0.683. The third kappa shape index (κ3) is 5.56. The van der Waals surface area contributed by atoms with Gasteiger partial charge in [0.2, 0.25) is 11.1 Å². The second-order valence-corrected chi connectivity index (χ2v) is 7.11. The average molecular weight is 365 g/mol. The van der Waals surface area contributed by atoms with E-state index in [1.165, 1.54) is 6.07 Å². The second-order valence-electron chi connectivity index (χ2n) is 5.80. The van der Waals surface area contributed by atoms with Crippen LogP contribution >= 0.6 is 11.8 Å². The fourth-order valence-electron chi connectivity index (χ4n) is 1.84. The molecule has 2 rings (SSSR count). The van der Waals surface area contributed by atoms with E-state index in [0.29, 0.717) is 17.3 Å². The molecule has 1 heterocycles. The fourth-order valence-corrected chi connectivity index (χ4v) is 2.56. The number of aromatic amines is 1. The molecule has 0 unspecified atom stereocenters. The Morgan fingerprint density at radius 2 is 2.00 bits per heavy atom. The van der Waals surface area contributed by atoms with Gasteiger partial charge in [-0.1, -0.05) is 37.7 Å². The molecule has 1 aromatic heterocycles. The number of aromatic nitrogens is 3. The largest absolute Gasteiger partial charge is 0.338 e. The molecular formula is C16H20FN5O2S. The first-order valence-corrected chi connectivity index (χ1v) is 8.67. The summed E-state index contributed by atoms with van der Waals surface area (Å²) in [6, 6.07) is 5.66. The van der Waals surface area contributed by atoms with Gasteiger partial charge in [-0.3, -0.25) is 15.2 Å². The summed E-state index contributed by atoms with van der Waals surface area (Å²) in [6.45, 7) is 6.02. The first kappa shape index (κ1) is 18.9. The van der Waals surface area contributed by atoms with Gasteiger partial charge >= 0.3 is 6.03 Å². The van der Waals surface area contributed by atoms with Crippen LogP contribution in [0.25, 0.3) is 11.4 Å². The average Bonchev–Trinajstić information content (AvgIpc) is 3.01. The second kappa shape index (κ2) is 8.61. The van der Waals surface area contributed by atoms with Crippen LogP contribution < -0.4 is 10.6 Å². The number of H-pyrrole nitrogens is 1. The maximum atomic E-state index is 13.7. The van der Waals surface area contributed by atoms with Gasteiger partial charge in [-0.2, -0.15) is 0 Å². The van der Waals surface area contributed by atoms with Crippen molar-refractivity contribution in [1.29, 1.82) is 0 Å². The number of carbonyl (C=O) groups excluding carboxylic acids is 2. The number of rotatable bonds is 6. The van der Waals surface area contributed by atoms with Crippen LogP contribution in [0.4, 0.5) is 9.18 Å². The lowest BCUT2D eigenvalue weighted by Gasteiger charge is -2.11. The zero-order chi connectivity index (χ0) is 18.4. The molecule has 0 bridgehead atoms. The minimum atomic E-state index is -0.589. The molecule has 0 aliphatic heterocycles. The van der Waals surface area contributed by atoms with Crippen LogP contribution in [0.1, 0.15) is 20.8 Å². The molecule has 1 aromatic carbocycles. The van der Waals surface area contributed by atoms with Crippen molar-refractivity contribution in [1.82, 2.24) is 25.8 Å². The summed E-state index contributed by atoms with van der Waals surface area (Å²) in [4.78, 5) is 27.8. The van der Waals surface area contributed by atoms with E-state index in [2.05, 4.69) is 25.8 Å². The Bertz CT molecular complexity index is 750. The van der Waals surface area contributed by atoms with Crippen molar-refractivity contribution < 1.29 is 14.0 Å². The maximum absolute atomic E-state index is 13.7. The van der Waals surface area contributed by atoms with Crippen molar-refractivity contribution in [3.63, 3.8) is 0 Å². The molecule has 134 valence electrons. The fraction of sp³-hybridized carbons (Fsp3) is 0.375. The van der Waals surface area contributed by atoms with Crippen molar-refractivity contribution >= 4 is 23.7 Å². The predicted molar refractivity (Wildman–Crippen MR) is 93.5 cm³/mol. The molecule has 1 atom stereocenters. The van der Waals surface area contributed by atoms with Crippen LogP contribution in [0.2, 0.25) is 0 Å². The van der Waals surface area contributed by atoms with Crippen LogP contribution in [-0.4, -0.2) is 38.9 Å². The van der Waals surface area contributed by atoms with Crippen LogP contribution in [-0.2, 0) is 4.79 Å². The number of nitrogens with zero attached hydrogens (tertiary/aromatic N) is 2. The van der Waals surface area contributed by atoms with Gasteiger partial charge in [0.1, 0.15) is 5.82 Å². The number of hydrogen-bond donors (Lipinski definition) is 3. The van der Waals surface area contributed by atoms with E-state index in [1.807, 2.05) is 13.8 Å². The number of halogens is 1. The third-order valence-electron chi connectivity index (χ3n) is 3.15. The van der Waals surface area contributed by atoms with Gasteiger partial charge < -0.3 is 5.32 Å². The molecule has 0 radical (unpaired) electrons. The highest BCUT2D eigenvalue weighted by Crippen LogP contribution is 2.24. The lowest BCUT2D eigenvalue weighted by molar-refractivity contribution is -0.119. The summed E-state index contributed by atoms with van der Waals surface area (Å²) in [6.07, 6.45) is 0. The van der Waals surface area contributed by atoms with Gasteiger partial charge in [-0.05, 0) is 25.0 Å². The van der Waals surface area contributed by atoms with Crippen molar-refractivity contribution in [3.8, 4) is 11.4 Å². The lowest BCUT2D eigenvalue weighted by atomic mass is 10.2. The SMILES string of the molecule is CC(C)CNC(=O)NC(=O)[C@H](C)Sc1n[nH]c(-c2ccccc2F)n1. The minimum absolute atomic E-state index is 0.280. The molecule has 0 aliphatic rings. The van der Waals surface area contributed by atoms with E-state index in [4.69, 9.17) is 0 Å². The lowest BCUT2D eigenvalue weighted by Crippen LogP contribution is -2.43. The maximum Gasteiger partial charge on any atom is 0.321 e. The molecular weight excluding hydrogens is 345 g/mol. The van der Waals surface area contributed by atoms with Gasteiger partial charge in [-0.15, -0.1) is 5.10 Å². The number of nitrogens with one attached hydrogen (secondary N) is 3. The Balaban J connectivity index is 1.92. The Hall–Kier alpha value is -2.42. The number of carbonyl (C=O) groups is 2.